The van der Waals surface area contributed by atoms with Gasteiger partial charge in [-0.1, -0.05) is 43.7 Å². The Kier molecular flexibility index (Phi) is 4.50. The minimum absolute atomic E-state index is 0.0621. The highest BCUT2D eigenvalue weighted by Crippen LogP contribution is 2.50. The van der Waals surface area contributed by atoms with Crippen LogP contribution in [0.15, 0.2) is 59.8 Å². The van der Waals surface area contributed by atoms with E-state index in [1.54, 1.807) is 7.11 Å². The number of ether oxygens (including phenoxy) is 1. The van der Waals surface area contributed by atoms with Gasteiger partial charge in [-0.2, -0.15) is 5.10 Å². The normalized spacial score (nSPS) is 19.5. The number of carbonyl (C=O) groups excluding carboxylic acids is 1. The van der Waals surface area contributed by atoms with E-state index < -0.39 is 0 Å². The third kappa shape index (κ3) is 3.34. The fourth-order valence-electron chi connectivity index (χ4n) is 4.87. The smallest absolute Gasteiger partial charge is 0.162 e. The van der Waals surface area contributed by atoms with Gasteiger partial charge in [0.2, 0.25) is 0 Å². The van der Waals surface area contributed by atoms with Crippen molar-refractivity contribution in [3.63, 3.8) is 0 Å². The van der Waals surface area contributed by atoms with Gasteiger partial charge in [-0.15, -0.1) is 0 Å². The summed E-state index contributed by atoms with van der Waals surface area (Å²) in [5.41, 5.74) is 7.12. The van der Waals surface area contributed by atoms with Crippen LogP contribution in [0.2, 0.25) is 0 Å². The molecule has 3 aromatic rings. The van der Waals surface area contributed by atoms with Gasteiger partial charge >= 0.3 is 0 Å². The first-order valence-electron chi connectivity index (χ1n) is 10.7. The molecule has 0 saturated heterocycles. The molecule has 0 bridgehead atoms. The number of Topliss-reactive ketones (excluding diaryl/α,β-unsaturated/α-hetero) is 1. The van der Waals surface area contributed by atoms with Crippen LogP contribution in [0, 0.1) is 12.3 Å². The molecule has 5 heteroatoms. The summed E-state index contributed by atoms with van der Waals surface area (Å²) in [6.45, 7) is 6.39. The lowest BCUT2D eigenvalue weighted by atomic mass is 9.69. The molecule has 31 heavy (non-hydrogen) atoms. The lowest BCUT2D eigenvalue weighted by Gasteiger charge is -2.38. The van der Waals surface area contributed by atoms with E-state index in [-0.39, 0.29) is 17.1 Å². The molecule has 0 amide bonds. The summed E-state index contributed by atoms with van der Waals surface area (Å²) in [5.74, 6) is 1.68. The summed E-state index contributed by atoms with van der Waals surface area (Å²) in [6.07, 6.45) is 1.39. The molecule has 2 heterocycles. The predicted molar refractivity (Wildman–Crippen MR) is 122 cm³/mol. The zero-order chi connectivity index (χ0) is 21.8. The third-order valence-electron chi connectivity index (χ3n) is 6.36. The Morgan fingerprint density at radius 2 is 1.74 bits per heavy atom. The first kappa shape index (κ1) is 19.6. The summed E-state index contributed by atoms with van der Waals surface area (Å²) in [5, 5.41) is 11.4. The van der Waals surface area contributed by atoms with Crippen molar-refractivity contribution in [3.05, 3.63) is 76.5 Å². The molecule has 2 aromatic carbocycles. The number of nitrogens with zero attached hydrogens (tertiary/aromatic N) is 1. The average Bonchev–Trinajstić information content (AvgIpc) is 3.15. The lowest BCUT2D eigenvalue weighted by molar-refractivity contribution is -0.118. The molecule has 1 aliphatic heterocycles. The maximum absolute atomic E-state index is 13.4. The van der Waals surface area contributed by atoms with Crippen molar-refractivity contribution < 1.29 is 9.53 Å². The fourth-order valence-corrected chi connectivity index (χ4v) is 4.87. The van der Waals surface area contributed by atoms with Gasteiger partial charge < -0.3 is 10.1 Å². The van der Waals surface area contributed by atoms with E-state index in [4.69, 9.17) is 4.74 Å². The van der Waals surface area contributed by atoms with E-state index in [1.165, 1.54) is 5.56 Å². The van der Waals surface area contributed by atoms with Crippen molar-refractivity contribution in [2.45, 2.75) is 39.5 Å². The van der Waals surface area contributed by atoms with Gasteiger partial charge in [0.25, 0.3) is 0 Å². The van der Waals surface area contributed by atoms with Gasteiger partial charge in [-0.25, -0.2) is 0 Å². The summed E-state index contributed by atoms with van der Waals surface area (Å²) in [6, 6.07) is 16.4. The van der Waals surface area contributed by atoms with E-state index in [0.717, 1.165) is 51.6 Å². The number of hydrogen-bond acceptors (Lipinski definition) is 4. The summed E-state index contributed by atoms with van der Waals surface area (Å²) in [4.78, 5) is 13.4. The Bertz CT molecular complexity index is 1180. The van der Waals surface area contributed by atoms with Gasteiger partial charge in [-0.05, 0) is 48.6 Å². The van der Waals surface area contributed by atoms with Crippen LogP contribution in [0.25, 0.3) is 11.3 Å². The van der Waals surface area contributed by atoms with Gasteiger partial charge in [0.05, 0.1) is 12.8 Å². The van der Waals surface area contributed by atoms with Crippen molar-refractivity contribution in [3.8, 4) is 17.0 Å². The second-order valence-corrected chi connectivity index (χ2v) is 9.39. The number of carbonyl (C=O) groups is 1. The Hall–Kier alpha value is -3.34. The van der Waals surface area contributed by atoms with Crippen molar-refractivity contribution in [1.29, 1.82) is 0 Å². The second-order valence-electron chi connectivity index (χ2n) is 9.39. The van der Waals surface area contributed by atoms with E-state index in [9.17, 15) is 4.79 Å². The van der Waals surface area contributed by atoms with Crippen molar-refractivity contribution >= 4 is 11.6 Å². The van der Waals surface area contributed by atoms with E-state index >= 15 is 0 Å². The zero-order valence-corrected chi connectivity index (χ0v) is 18.4. The van der Waals surface area contributed by atoms with E-state index in [2.05, 4.69) is 60.6 Å². The molecule has 158 valence electrons. The Balaban J connectivity index is 1.70. The standard InChI is InChI=1S/C26H27N3O2/c1-15-5-7-16(8-6-15)21-22-19(13-26(2,3)14-20(22)30)27-25-23(21)24(28-29-25)17-9-11-18(31-4)12-10-17/h5-12,21H,13-14H2,1-4H3,(H2,27,28,29)/t21-/m0/s1. The molecule has 0 saturated carbocycles. The number of nitrogens with one attached hydrogen (secondary N) is 2. The molecule has 2 aliphatic rings. The fraction of sp³-hybridized carbons (Fsp3) is 0.308. The number of anilines is 1. The minimum Gasteiger partial charge on any atom is -0.497 e. The monoisotopic (exact) mass is 413 g/mol. The first-order valence-corrected chi connectivity index (χ1v) is 10.7. The number of aromatic amines is 1. The Labute approximate surface area is 182 Å². The number of hydrogen-bond donors (Lipinski definition) is 2. The number of benzene rings is 2. The molecule has 1 atom stereocenters. The maximum atomic E-state index is 13.4. The van der Waals surface area contributed by atoms with Crippen LogP contribution in [-0.2, 0) is 4.79 Å². The zero-order valence-electron chi connectivity index (χ0n) is 18.4. The number of H-pyrrole nitrogens is 1. The SMILES string of the molecule is COc1ccc(-c2[nH]nc3c2[C@@H](c2ccc(C)cc2)C2=C(CC(C)(C)CC2=O)N3)cc1. The van der Waals surface area contributed by atoms with Crippen LogP contribution in [0.1, 0.15) is 49.3 Å². The molecule has 0 fully saturated rings. The minimum atomic E-state index is -0.147. The molecule has 0 unspecified atom stereocenters. The molecule has 0 radical (unpaired) electrons. The van der Waals surface area contributed by atoms with Crippen LogP contribution in [-0.4, -0.2) is 23.1 Å². The number of allylic oxidation sites excluding steroid dienone is 2. The number of aromatic nitrogens is 2. The number of methoxy groups -OCH3 is 1. The highest BCUT2D eigenvalue weighted by atomic mass is 16.5. The Morgan fingerprint density at radius 3 is 2.42 bits per heavy atom. The largest absolute Gasteiger partial charge is 0.497 e. The summed E-state index contributed by atoms with van der Waals surface area (Å²) < 4.78 is 5.31. The molecular weight excluding hydrogens is 386 g/mol. The number of ketones is 1. The van der Waals surface area contributed by atoms with Crippen LogP contribution >= 0.6 is 0 Å². The molecule has 0 spiro atoms. The van der Waals surface area contributed by atoms with Gasteiger partial charge in [0.1, 0.15) is 5.75 Å². The number of aryl methyl sites for hydroxylation is 1. The second kappa shape index (κ2) is 7.12. The summed E-state index contributed by atoms with van der Waals surface area (Å²) in [7, 11) is 1.66. The van der Waals surface area contributed by atoms with Gasteiger partial charge in [0.15, 0.2) is 11.6 Å². The molecule has 5 rings (SSSR count). The van der Waals surface area contributed by atoms with Gasteiger partial charge in [-0.3, -0.25) is 9.89 Å². The molecule has 1 aromatic heterocycles. The predicted octanol–water partition coefficient (Wildman–Crippen LogP) is 5.59. The van der Waals surface area contributed by atoms with Crippen molar-refractivity contribution in [1.82, 2.24) is 10.2 Å². The van der Waals surface area contributed by atoms with Crippen LogP contribution in [0.4, 0.5) is 5.82 Å². The summed E-state index contributed by atoms with van der Waals surface area (Å²) >= 11 is 0. The third-order valence-corrected chi connectivity index (χ3v) is 6.36. The highest BCUT2D eigenvalue weighted by Gasteiger charge is 2.42. The number of rotatable bonds is 3. The molecule has 1 aliphatic carbocycles. The van der Waals surface area contributed by atoms with E-state index in [1.807, 2.05) is 24.3 Å². The molecular formula is C26H27N3O2. The average molecular weight is 414 g/mol. The van der Waals surface area contributed by atoms with Crippen LogP contribution < -0.4 is 10.1 Å². The van der Waals surface area contributed by atoms with Crippen molar-refractivity contribution in [2.24, 2.45) is 5.41 Å². The maximum Gasteiger partial charge on any atom is 0.162 e. The topological polar surface area (TPSA) is 67.0 Å². The van der Waals surface area contributed by atoms with Crippen LogP contribution in [0.5, 0.6) is 5.75 Å². The van der Waals surface area contributed by atoms with E-state index in [0.29, 0.717) is 6.42 Å². The highest BCUT2D eigenvalue weighted by molar-refractivity contribution is 6.02. The first-order chi connectivity index (χ1) is 14.9. The molecule has 2 N–H and O–H groups in total. The number of fused-ring (bicyclic) bond motifs is 1. The lowest BCUT2D eigenvalue weighted by Crippen LogP contribution is -2.33. The van der Waals surface area contributed by atoms with Crippen LogP contribution in [0.3, 0.4) is 0 Å². The molecule has 5 nitrogen and oxygen atoms in total. The quantitative estimate of drug-likeness (QED) is 0.587. The Morgan fingerprint density at radius 1 is 1.03 bits per heavy atom. The van der Waals surface area contributed by atoms with Gasteiger partial charge in [0, 0.05) is 34.7 Å². The van der Waals surface area contributed by atoms with Crippen molar-refractivity contribution in [2.75, 3.05) is 12.4 Å².